The average molecular weight is 511 g/mol. The number of carbonyl (C=O) groups is 1. The predicted molar refractivity (Wildman–Crippen MR) is 149 cm³/mol. The third-order valence-corrected chi connectivity index (χ3v) is 7.16. The second-order valence-electron chi connectivity index (χ2n) is 9.46. The van der Waals surface area contributed by atoms with Gasteiger partial charge in [-0.05, 0) is 69.3 Å². The molecule has 3 rings (SSSR count). The van der Waals surface area contributed by atoms with Gasteiger partial charge in [0.1, 0.15) is 11.7 Å². The number of anilines is 2. The van der Waals surface area contributed by atoms with Crippen LogP contribution in [0.1, 0.15) is 47.5 Å². The standard InChI is InChI=1S/C26H38N8OS/c1-6-24(35)29-19-8-10-20(11-9-19)36-25-31-22(30-21(28)16-18(3)27)17-23(32-25)33-12-14-34(15-13-33)26(4,5)7-2/h8-11,16-17H,6-7,12-15,27H2,1-5H3,(H,29,35)(H2,28,30,31,32). The molecule has 1 saturated heterocycles. The van der Waals surface area contributed by atoms with Gasteiger partial charge in [-0.2, -0.15) is 0 Å². The maximum atomic E-state index is 11.7. The highest BCUT2D eigenvalue weighted by molar-refractivity contribution is 7.99. The van der Waals surface area contributed by atoms with Crippen LogP contribution in [0.3, 0.4) is 0 Å². The molecule has 0 unspecified atom stereocenters. The molecule has 1 aliphatic rings. The summed E-state index contributed by atoms with van der Waals surface area (Å²) in [6, 6.07) is 9.51. The first-order valence-corrected chi connectivity index (χ1v) is 13.2. The molecule has 2 heterocycles. The van der Waals surface area contributed by atoms with Crippen LogP contribution in [0.2, 0.25) is 0 Å². The van der Waals surface area contributed by atoms with Crippen molar-refractivity contribution in [3.8, 4) is 0 Å². The zero-order valence-corrected chi connectivity index (χ0v) is 22.7. The van der Waals surface area contributed by atoms with Gasteiger partial charge >= 0.3 is 0 Å². The van der Waals surface area contributed by atoms with Crippen LogP contribution >= 0.6 is 11.8 Å². The number of hydrogen-bond donors (Lipinski definition) is 3. The molecular weight excluding hydrogens is 472 g/mol. The van der Waals surface area contributed by atoms with Gasteiger partial charge < -0.3 is 21.7 Å². The van der Waals surface area contributed by atoms with Crippen molar-refractivity contribution in [3.63, 3.8) is 0 Å². The number of carbonyl (C=O) groups excluding carboxylic acids is 1. The van der Waals surface area contributed by atoms with Crippen LogP contribution in [0.15, 0.2) is 57.1 Å². The number of amidine groups is 1. The molecule has 36 heavy (non-hydrogen) atoms. The van der Waals surface area contributed by atoms with E-state index in [1.807, 2.05) is 37.3 Å². The summed E-state index contributed by atoms with van der Waals surface area (Å²) in [4.78, 5) is 31.4. The molecule has 1 fully saturated rings. The topological polar surface area (TPSA) is 126 Å². The number of piperazine rings is 1. The molecule has 0 atom stereocenters. The Labute approximate surface area is 218 Å². The maximum Gasteiger partial charge on any atom is 0.224 e. The third kappa shape index (κ3) is 7.69. The minimum absolute atomic E-state index is 0.0179. The summed E-state index contributed by atoms with van der Waals surface area (Å²) in [7, 11) is 0. The van der Waals surface area contributed by atoms with E-state index in [2.05, 4.69) is 45.9 Å². The number of nitrogens with zero attached hydrogens (tertiary/aromatic N) is 5. The van der Waals surface area contributed by atoms with E-state index >= 15 is 0 Å². The Hall–Kier alpha value is -3.11. The van der Waals surface area contributed by atoms with Gasteiger partial charge in [0.05, 0.1) is 0 Å². The van der Waals surface area contributed by atoms with Crippen LogP contribution < -0.4 is 21.7 Å². The van der Waals surface area contributed by atoms with Gasteiger partial charge in [-0.15, -0.1) is 0 Å². The second-order valence-corrected chi connectivity index (χ2v) is 10.5. The summed E-state index contributed by atoms with van der Waals surface area (Å²) in [5, 5.41) is 3.44. The summed E-state index contributed by atoms with van der Waals surface area (Å²) in [6.07, 6.45) is 3.16. The van der Waals surface area contributed by atoms with Crippen molar-refractivity contribution in [2.75, 3.05) is 36.4 Å². The molecule has 5 N–H and O–H groups in total. The van der Waals surface area contributed by atoms with Crippen molar-refractivity contribution < 1.29 is 4.79 Å². The Kier molecular flexibility index (Phi) is 9.33. The van der Waals surface area contributed by atoms with Crippen LogP contribution in [0.5, 0.6) is 0 Å². The van der Waals surface area contributed by atoms with E-state index < -0.39 is 0 Å². The van der Waals surface area contributed by atoms with E-state index in [9.17, 15) is 4.79 Å². The van der Waals surface area contributed by atoms with E-state index in [0.717, 1.165) is 49.0 Å². The van der Waals surface area contributed by atoms with Crippen molar-refractivity contribution in [2.24, 2.45) is 16.5 Å². The molecule has 1 aromatic heterocycles. The number of rotatable bonds is 9. The summed E-state index contributed by atoms with van der Waals surface area (Å²) in [5.74, 6) is 1.59. The third-order valence-electron chi connectivity index (χ3n) is 6.29. The fourth-order valence-electron chi connectivity index (χ4n) is 3.79. The Morgan fingerprint density at radius 1 is 1.14 bits per heavy atom. The number of benzene rings is 1. The molecule has 0 aliphatic carbocycles. The molecule has 1 aromatic carbocycles. The lowest BCUT2D eigenvalue weighted by Gasteiger charge is -2.44. The number of allylic oxidation sites excluding steroid dienone is 1. The lowest BCUT2D eigenvalue weighted by Crippen LogP contribution is -2.54. The Morgan fingerprint density at radius 3 is 2.39 bits per heavy atom. The highest BCUT2D eigenvalue weighted by Crippen LogP contribution is 2.31. The lowest BCUT2D eigenvalue weighted by atomic mass is 9.98. The highest BCUT2D eigenvalue weighted by Gasteiger charge is 2.29. The van der Waals surface area contributed by atoms with Crippen molar-refractivity contribution in [1.29, 1.82) is 0 Å². The van der Waals surface area contributed by atoms with Gasteiger partial charge in [0.2, 0.25) is 5.91 Å². The van der Waals surface area contributed by atoms with Gasteiger partial charge in [-0.3, -0.25) is 9.69 Å². The van der Waals surface area contributed by atoms with Gasteiger partial charge in [0.15, 0.2) is 11.0 Å². The molecular formula is C26H38N8OS. The zero-order valence-electron chi connectivity index (χ0n) is 21.9. The first-order valence-electron chi connectivity index (χ1n) is 12.3. The number of nitrogens with one attached hydrogen (secondary N) is 1. The molecule has 0 saturated carbocycles. The molecule has 0 spiro atoms. The number of amides is 1. The van der Waals surface area contributed by atoms with Crippen molar-refractivity contribution >= 4 is 40.8 Å². The number of hydrogen-bond acceptors (Lipinski definition) is 8. The molecule has 1 aliphatic heterocycles. The fraction of sp³-hybridized carbons (Fsp3) is 0.462. The molecule has 194 valence electrons. The average Bonchev–Trinajstić information content (AvgIpc) is 2.84. The first kappa shape index (κ1) is 27.5. The van der Waals surface area contributed by atoms with Gasteiger partial charge in [0, 0.05) is 60.5 Å². The molecule has 10 heteroatoms. The van der Waals surface area contributed by atoms with Crippen molar-refractivity contribution in [2.45, 2.75) is 63.1 Å². The van der Waals surface area contributed by atoms with Crippen LogP contribution in [-0.2, 0) is 4.79 Å². The van der Waals surface area contributed by atoms with Gasteiger partial charge in [0.25, 0.3) is 0 Å². The lowest BCUT2D eigenvalue weighted by molar-refractivity contribution is -0.115. The molecule has 1 amide bonds. The molecule has 0 radical (unpaired) electrons. The van der Waals surface area contributed by atoms with E-state index in [4.69, 9.17) is 16.5 Å². The van der Waals surface area contributed by atoms with Gasteiger partial charge in [-0.25, -0.2) is 15.0 Å². The normalized spacial score (nSPS) is 15.8. The van der Waals surface area contributed by atoms with Crippen LogP contribution in [0.25, 0.3) is 0 Å². The molecule has 0 bridgehead atoms. The zero-order chi connectivity index (χ0) is 26.3. The number of nitrogens with two attached hydrogens (primary N) is 2. The number of aliphatic imine (C=N–C) groups is 1. The molecule has 2 aromatic rings. The summed E-state index contributed by atoms with van der Waals surface area (Å²) in [6.45, 7) is 14.1. The largest absolute Gasteiger partial charge is 0.402 e. The Balaban J connectivity index is 1.85. The molecule has 9 nitrogen and oxygen atoms in total. The van der Waals surface area contributed by atoms with Gasteiger partial charge in [-0.1, -0.05) is 13.8 Å². The SMILES string of the molecule is CCC(=O)Nc1ccc(Sc2nc(N=C(N)C=C(C)N)cc(N3CCN(C(C)(C)CC)CC3)n2)cc1. The minimum Gasteiger partial charge on any atom is -0.402 e. The Morgan fingerprint density at radius 2 is 1.81 bits per heavy atom. The monoisotopic (exact) mass is 510 g/mol. The van der Waals surface area contributed by atoms with E-state index in [0.29, 0.717) is 28.9 Å². The Bertz CT molecular complexity index is 1100. The quantitative estimate of drug-likeness (QED) is 0.261. The first-order chi connectivity index (χ1) is 17.1. The van der Waals surface area contributed by atoms with E-state index in [1.165, 1.54) is 11.8 Å². The fourth-order valence-corrected chi connectivity index (χ4v) is 4.55. The predicted octanol–water partition coefficient (Wildman–Crippen LogP) is 4.14. The van der Waals surface area contributed by atoms with Crippen molar-refractivity contribution in [1.82, 2.24) is 14.9 Å². The summed E-state index contributed by atoms with van der Waals surface area (Å²) in [5.41, 5.74) is 13.3. The summed E-state index contributed by atoms with van der Waals surface area (Å²) < 4.78 is 0. The minimum atomic E-state index is -0.0179. The summed E-state index contributed by atoms with van der Waals surface area (Å²) >= 11 is 1.44. The number of aromatic nitrogens is 2. The highest BCUT2D eigenvalue weighted by atomic mass is 32.2. The smallest absolute Gasteiger partial charge is 0.224 e. The maximum absolute atomic E-state index is 11.7. The van der Waals surface area contributed by atoms with E-state index in [-0.39, 0.29) is 11.4 Å². The van der Waals surface area contributed by atoms with E-state index in [1.54, 1.807) is 13.0 Å². The van der Waals surface area contributed by atoms with Crippen LogP contribution in [0.4, 0.5) is 17.3 Å². The van der Waals surface area contributed by atoms with Crippen LogP contribution in [0, 0.1) is 0 Å². The second kappa shape index (κ2) is 12.2. The van der Waals surface area contributed by atoms with Crippen LogP contribution in [-0.4, -0.2) is 58.3 Å². The van der Waals surface area contributed by atoms with Crippen molar-refractivity contribution in [3.05, 3.63) is 42.1 Å².